The summed E-state index contributed by atoms with van der Waals surface area (Å²) in [6, 6.07) is 0. The summed E-state index contributed by atoms with van der Waals surface area (Å²) >= 11 is 0. The van der Waals surface area contributed by atoms with Crippen molar-refractivity contribution in [2.75, 3.05) is 13.1 Å². The number of hydrogen-bond acceptors (Lipinski definition) is 1. The topological polar surface area (TPSA) is 12.0 Å². The first kappa shape index (κ1) is 8.06. The third kappa shape index (κ3) is 2.70. The second kappa shape index (κ2) is 4.73. The summed E-state index contributed by atoms with van der Waals surface area (Å²) < 4.78 is 0. The average Bonchev–Trinajstić information content (AvgIpc) is 2.17. The van der Waals surface area contributed by atoms with Crippen molar-refractivity contribution >= 4 is 0 Å². The van der Waals surface area contributed by atoms with E-state index >= 15 is 0 Å². The van der Waals surface area contributed by atoms with Gasteiger partial charge in [-0.25, -0.2) is 0 Å². The molecule has 0 bridgehead atoms. The predicted octanol–water partition coefficient (Wildman–Crippen LogP) is 2.18. The van der Waals surface area contributed by atoms with Crippen LogP contribution in [0, 0.1) is 5.92 Å². The Morgan fingerprint density at radius 3 is 3.10 bits per heavy atom. The molecule has 60 valence electrons. The molecule has 1 aliphatic heterocycles. The Morgan fingerprint density at radius 2 is 2.30 bits per heavy atom. The predicted molar refractivity (Wildman–Crippen MR) is 45.1 cm³/mol. The molecule has 1 unspecified atom stereocenters. The molecular weight excluding hydrogens is 122 g/mol. The van der Waals surface area contributed by atoms with E-state index in [2.05, 4.69) is 12.2 Å². The quantitative estimate of drug-likeness (QED) is 0.621. The van der Waals surface area contributed by atoms with Crippen LogP contribution in [0.4, 0.5) is 0 Å². The van der Waals surface area contributed by atoms with Gasteiger partial charge in [0.1, 0.15) is 0 Å². The van der Waals surface area contributed by atoms with Crippen molar-refractivity contribution in [3.63, 3.8) is 0 Å². The molecule has 1 saturated heterocycles. The highest BCUT2D eigenvalue weighted by Crippen LogP contribution is 2.15. The van der Waals surface area contributed by atoms with Gasteiger partial charge in [0.2, 0.25) is 0 Å². The molecule has 1 rings (SSSR count). The van der Waals surface area contributed by atoms with Gasteiger partial charge in [-0.15, -0.1) is 0 Å². The SMILES string of the molecule is CCCC1CCCCNC1. The smallest absolute Gasteiger partial charge is 0.00205 e. The van der Waals surface area contributed by atoms with Crippen molar-refractivity contribution in [3.05, 3.63) is 0 Å². The van der Waals surface area contributed by atoms with Crippen molar-refractivity contribution in [2.45, 2.75) is 39.0 Å². The Hall–Kier alpha value is -0.0400. The molecule has 1 nitrogen and oxygen atoms in total. The average molecular weight is 141 g/mol. The van der Waals surface area contributed by atoms with Crippen LogP contribution in [0.2, 0.25) is 0 Å². The van der Waals surface area contributed by atoms with E-state index in [0.717, 1.165) is 5.92 Å². The Morgan fingerprint density at radius 1 is 1.40 bits per heavy atom. The molecule has 1 heterocycles. The zero-order chi connectivity index (χ0) is 7.23. The lowest BCUT2D eigenvalue weighted by Gasteiger charge is -2.11. The highest BCUT2D eigenvalue weighted by molar-refractivity contribution is 4.66. The standard InChI is InChI=1S/C9H19N/c1-2-5-9-6-3-4-7-10-8-9/h9-10H,2-8H2,1H3. The molecule has 0 saturated carbocycles. The highest BCUT2D eigenvalue weighted by Gasteiger charge is 2.09. The molecule has 1 fully saturated rings. The van der Waals surface area contributed by atoms with E-state index in [1.807, 2.05) is 0 Å². The Balaban J connectivity index is 2.15. The van der Waals surface area contributed by atoms with Gasteiger partial charge in [-0.3, -0.25) is 0 Å². The van der Waals surface area contributed by atoms with Crippen LogP contribution in [-0.2, 0) is 0 Å². The highest BCUT2D eigenvalue weighted by atomic mass is 14.9. The molecular formula is C9H19N. The van der Waals surface area contributed by atoms with Gasteiger partial charge in [0.25, 0.3) is 0 Å². The van der Waals surface area contributed by atoms with Gasteiger partial charge in [-0.1, -0.05) is 19.8 Å². The largest absolute Gasteiger partial charge is 0.316 e. The monoisotopic (exact) mass is 141 g/mol. The summed E-state index contributed by atoms with van der Waals surface area (Å²) in [6.07, 6.45) is 7.07. The van der Waals surface area contributed by atoms with E-state index in [0.29, 0.717) is 0 Å². The molecule has 0 aliphatic carbocycles. The third-order valence-electron chi connectivity index (χ3n) is 2.35. The second-order valence-electron chi connectivity index (χ2n) is 3.35. The van der Waals surface area contributed by atoms with Crippen LogP contribution in [0.3, 0.4) is 0 Å². The molecule has 1 aliphatic rings. The molecule has 0 spiro atoms. The van der Waals surface area contributed by atoms with Crippen molar-refractivity contribution in [1.29, 1.82) is 0 Å². The number of nitrogens with one attached hydrogen (secondary N) is 1. The third-order valence-corrected chi connectivity index (χ3v) is 2.35. The minimum absolute atomic E-state index is 0.979. The van der Waals surface area contributed by atoms with Crippen LogP contribution >= 0.6 is 0 Å². The molecule has 1 N–H and O–H groups in total. The normalized spacial score (nSPS) is 27.9. The Labute approximate surface area is 64.2 Å². The van der Waals surface area contributed by atoms with E-state index in [-0.39, 0.29) is 0 Å². The molecule has 0 aromatic carbocycles. The van der Waals surface area contributed by atoms with Gasteiger partial charge in [-0.05, 0) is 38.3 Å². The summed E-state index contributed by atoms with van der Waals surface area (Å²) in [6.45, 7) is 4.80. The molecule has 0 amide bonds. The van der Waals surface area contributed by atoms with Gasteiger partial charge in [0, 0.05) is 0 Å². The van der Waals surface area contributed by atoms with Gasteiger partial charge in [0.15, 0.2) is 0 Å². The van der Waals surface area contributed by atoms with Crippen LogP contribution in [-0.4, -0.2) is 13.1 Å². The van der Waals surface area contributed by atoms with Crippen LogP contribution in [0.15, 0.2) is 0 Å². The van der Waals surface area contributed by atoms with Crippen molar-refractivity contribution in [3.8, 4) is 0 Å². The summed E-state index contributed by atoms with van der Waals surface area (Å²) in [4.78, 5) is 0. The summed E-state index contributed by atoms with van der Waals surface area (Å²) in [7, 11) is 0. The van der Waals surface area contributed by atoms with Crippen LogP contribution in [0.25, 0.3) is 0 Å². The van der Waals surface area contributed by atoms with Gasteiger partial charge >= 0.3 is 0 Å². The molecule has 0 aromatic rings. The molecule has 10 heavy (non-hydrogen) atoms. The Bertz CT molecular complexity index is 72.8. The lowest BCUT2D eigenvalue weighted by Crippen LogP contribution is -2.20. The Kier molecular flexibility index (Phi) is 3.81. The van der Waals surface area contributed by atoms with Crippen molar-refractivity contribution in [2.24, 2.45) is 5.92 Å². The first-order valence-electron chi connectivity index (χ1n) is 4.64. The van der Waals surface area contributed by atoms with E-state index in [9.17, 15) is 0 Å². The maximum atomic E-state index is 3.48. The van der Waals surface area contributed by atoms with E-state index in [1.54, 1.807) is 0 Å². The number of rotatable bonds is 2. The zero-order valence-corrected chi connectivity index (χ0v) is 7.03. The van der Waals surface area contributed by atoms with Crippen LogP contribution < -0.4 is 5.32 Å². The van der Waals surface area contributed by atoms with Gasteiger partial charge < -0.3 is 5.32 Å². The summed E-state index contributed by atoms with van der Waals surface area (Å²) in [5, 5.41) is 3.48. The fourth-order valence-corrected chi connectivity index (χ4v) is 1.75. The first-order valence-corrected chi connectivity index (χ1v) is 4.64. The second-order valence-corrected chi connectivity index (χ2v) is 3.35. The number of hydrogen-bond donors (Lipinski definition) is 1. The summed E-state index contributed by atoms with van der Waals surface area (Å²) in [5.74, 6) is 0.979. The zero-order valence-electron chi connectivity index (χ0n) is 7.03. The minimum Gasteiger partial charge on any atom is -0.316 e. The summed E-state index contributed by atoms with van der Waals surface area (Å²) in [5.41, 5.74) is 0. The molecule has 0 radical (unpaired) electrons. The molecule has 0 aromatic heterocycles. The minimum atomic E-state index is 0.979. The van der Waals surface area contributed by atoms with Gasteiger partial charge in [0.05, 0.1) is 0 Å². The van der Waals surface area contributed by atoms with Crippen molar-refractivity contribution in [1.82, 2.24) is 5.32 Å². The first-order chi connectivity index (χ1) is 4.93. The maximum absolute atomic E-state index is 3.48. The van der Waals surface area contributed by atoms with E-state index in [4.69, 9.17) is 0 Å². The molecule has 1 atom stereocenters. The van der Waals surface area contributed by atoms with Crippen LogP contribution in [0.5, 0.6) is 0 Å². The van der Waals surface area contributed by atoms with Crippen molar-refractivity contribution < 1.29 is 0 Å². The van der Waals surface area contributed by atoms with E-state index in [1.165, 1.54) is 45.2 Å². The van der Waals surface area contributed by atoms with Gasteiger partial charge in [-0.2, -0.15) is 0 Å². The molecule has 1 heteroatoms. The fourth-order valence-electron chi connectivity index (χ4n) is 1.75. The lowest BCUT2D eigenvalue weighted by atomic mass is 9.99. The fraction of sp³-hybridized carbons (Fsp3) is 1.00. The van der Waals surface area contributed by atoms with E-state index < -0.39 is 0 Å². The van der Waals surface area contributed by atoms with Crippen LogP contribution in [0.1, 0.15) is 39.0 Å². The maximum Gasteiger partial charge on any atom is -0.00205 e. The lowest BCUT2D eigenvalue weighted by molar-refractivity contribution is 0.442.